The highest BCUT2D eigenvalue weighted by molar-refractivity contribution is 5.83. The van der Waals surface area contributed by atoms with Crippen LogP contribution in [0, 0.1) is 5.92 Å². The third kappa shape index (κ3) is 2.33. The van der Waals surface area contributed by atoms with Crippen LogP contribution in [0.25, 0.3) is 0 Å². The molecule has 90 valence electrons. The van der Waals surface area contributed by atoms with Gasteiger partial charge in [0.25, 0.3) is 0 Å². The first-order valence-electron chi connectivity index (χ1n) is 5.51. The number of carboxylic acid groups (broad SMARTS) is 1. The molecule has 2 aliphatic heterocycles. The van der Waals surface area contributed by atoms with Crippen LogP contribution < -0.4 is 5.32 Å². The summed E-state index contributed by atoms with van der Waals surface area (Å²) in [4.78, 5) is 24.3. The molecule has 2 atom stereocenters. The second kappa shape index (κ2) is 4.80. The minimum absolute atomic E-state index is 0.0385. The summed E-state index contributed by atoms with van der Waals surface area (Å²) >= 11 is 0. The standard InChI is InChI=1S/C10H16N2O4/c13-9(8-6-16-4-2-11-8)12-3-1-7(5-12)10(14)15/h7-8,11H,1-6H2,(H,14,15). The Morgan fingerprint density at radius 2 is 2.25 bits per heavy atom. The fourth-order valence-corrected chi connectivity index (χ4v) is 2.11. The Labute approximate surface area is 93.6 Å². The molecule has 0 aromatic heterocycles. The van der Waals surface area contributed by atoms with Crippen molar-refractivity contribution >= 4 is 11.9 Å². The number of carboxylic acids is 1. The number of rotatable bonds is 2. The first-order chi connectivity index (χ1) is 7.68. The zero-order valence-electron chi connectivity index (χ0n) is 9.02. The maximum atomic E-state index is 12.0. The largest absolute Gasteiger partial charge is 0.481 e. The number of aliphatic carboxylic acids is 1. The predicted octanol–water partition coefficient (Wildman–Crippen LogP) is -1.09. The van der Waals surface area contributed by atoms with Crippen molar-refractivity contribution in [1.82, 2.24) is 10.2 Å². The number of carbonyl (C=O) groups excluding carboxylic acids is 1. The van der Waals surface area contributed by atoms with Crippen LogP contribution in [0.3, 0.4) is 0 Å². The van der Waals surface area contributed by atoms with Crippen LogP contribution in [0.15, 0.2) is 0 Å². The van der Waals surface area contributed by atoms with Gasteiger partial charge in [0.05, 0.1) is 19.1 Å². The molecule has 2 heterocycles. The Kier molecular flexibility index (Phi) is 3.40. The number of nitrogens with one attached hydrogen (secondary N) is 1. The van der Waals surface area contributed by atoms with Crippen LogP contribution in [0.4, 0.5) is 0 Å². The smallest absolute Gasteiger partial charge is 0.308 e. The Balaban J connectivity index is 1.88. The summed E-state index contributed by atoms with van der Waals surface area (Å²) < 4.78 is 5.21. The van der Waals surface area contributed by atoms with Crippen molar-refractivity contribution in [2.75, 3.05) is 32.8 Å². The summed E-state index contributed by atoms with van der Waals surface area (Å²) in [5, 5.41) is 11.9. The lowest BCUT2D eigenvalue weighted by Crippen LogP contribution is -2.52. The van der Waals surface area contributed by atoms with E-state index in [1.807, 2.05) is 0 Å². The van der Waals surface area contributed by atoms with Crippen LogP contribution in [0.5, 0.6) is 0 Å². The number of hydrogen-bond acceptors (Lipinski definition) is 4. The molecule has 0 spiro atoms. The number of morpholine rings is 1. The summed E-state index contributed by atoms with van der Waals surface area (Å²) in [7, 11) is 0. The van der Waals surface area contributed by atoms with Gasteiger partial charge in [0, 0.05) is 19.6 Å². The molecule has 2 unspecified atom stereocenters. The average Bonchev–Trinajstić information content (AvgIpc) is 2.78. The first kappa shape index (κ1) is 11.3. The SMILES string of the molecule is O=C(O)C1CCN(C(=O)C2COCCN2)C1. The van der Waals surface area contributed by atoms with Gasteiger partial charge in [-0.3, -0.25) is 9.59 Å². The quantitative estimate of drug-likeness (QED) is 0.627. The maximum absolute atomic E-state index is 12.0. The van der Waals surface area contributed by atoms with E-state index < -0.39 is 11.9 Å². The van der Waals surface area contributed by atoms with Gasteiger partial charge in [-0.15, -0.1) is 0 Å². The Hall–Kier alpha value is -1.14. The van der Waals surface area contributed by atoms with Crippen LogP contribution in [0.2, 0.25) is 0 Å². The Morgan fingerprint density at radius 1 is 1.44 bits per heavy atom. The van der Waals surface area contributed by atoms with Gasteiger partial charge < -0.3 is 20.1 Å². The fraction of sp³-hybridized carbons (Fsp3) is 0.800. The van der Waals surface area contributed by atoms with Crippen molar-refractivity contribution in [3.8, 4) is 0 Å². The number of carbonyl (C=O) groups is 2. The van der Waals surface area contributed by atoms with Crippen molar-refractivity contribution in [1.29, 1.82) is 0 Å². The molecule has 2 fully saturated rings. The van der Waals surface area contributed by atoms with Gasteiger partial charge in [-0.05, 0) is 6.42 Å². The lowest BCUT2D eigenvalue weighted by Gasteiger charge is -2.27. The summed E-state index contributed by atoms with van der Waals surface area (Å²) in [6.45, 7) is 2.54. The third-order valence-electron chi connectivity index (χ3n) is 3.07. The van der Waals surface area contributed by atoms with Gasteiger partial charge in [-0.1, -0.05) is 0 Å². The lowest BCUT2D eigenvalue weighted by molar-refractivity contribution is -0.141. The molecule has 6 heteroatoms. The molecule has 0 saturated carbocycles. The monoisotopic (exact) mass is 228 g/mol. The van der Waals surface area contributed by atoms with Crippen molar-refractivity contribution < 1.29 is 19.4 Å². The Bertz CT molecular complexity index is 289. The summed E-state index contributed by atoms with van der Waals surface area (Å²) in [6.07, 6.45) is 0.550. The molecule has 0 aromatic rings. The van der Waals surface area contributed by atoms with Crippen LogP contribution in [-0.4, -0.2) is 60.8 Å². The number of nitrogens with zero attached hydrogens (tertiary/aromatic N) is 1. The first-order valence-corrected chi connectivity index (χ1v) is 5.51. The van der Waals surface area contributed by atoms with E-state index in [4.69, 9.17) is 9.84 Å². The molecular formula is C10H16N2O4. The molecular weight excluding hydrogens is 212 g/mol. The van der Waals surface area contributed by atoms with Gasteiger partial charge in [-0.2, -0.15) is 0 Å². The van der Waals surface area contributed by atoms with E-state index in [1.165, 1.54) is 0 Å². The Morgan fingerprint density at radius 3 is 2.81 bits per heavy atom. The fourth-order valence-electron chi connectivity index (χ4n) is 2.11. The number of ether oxygens (including phenoxy) is 1. The van der Waals surface area contributed by atoms with E-state index >= 15 is 0 Å². The number of amides is 1. The molecule has 2 saturated heterocycles. The van der Waals surface area contributed by atoms with Gasteiger partial charge in [0.15, 0.2) is 0 Å². The normalized spacial score (nSPS) is 30.4. The van der Waals surface area contributed by atoms with Gasteiger partial charge >= 0.3 is 5.97 Å². The number of hydrogen-bond donors (Lipinski definition) is 2. The average molecular weight is 228 g/mol. The molecule has 0 radical (unpaired) electrons. The van der Waals surface area contributed by atoms with Gasteiger partial charge in [-0.25, -0.2) is 0 Å². The van der Waals surface area contributed by atoms with E-state index in [-0.39, 0.29) is 11.9 Å². The molecule has 0 aliphatic carbocycles. The molecule has 2 aliphatic rings. The van der Waals surface area contributed by atoms with E-state index in [9.17, 15) is 9.59 Å². The maximum Gasteiger partial charge on any atom is 0.308 e. The molecule has 0 bridgehead atoms. The number of likely N-dealkylation sites (tertiary alicyclic amines) is 1. The summed E-state index contributed by atoms with van der Waals surface area (Å²) in [6, 6.07) is -0.304. The van der Waals surface area contributed by atoms with Crippen LogP contribution in [0.1, 0.15) is 6.42 Å². The van der Waals surface area contributed by atoms with Crippen LogP contribution >= 0.6 is 0 Å². The highest BCUT2D eigenvalue weighted by Crippen LogP contribution is 2.17. The zero-order chi connectivity index (χ0) is 11.5. The van der Waals surface area contributed by atoms with E-state index in [2.05, 4.69) is 5.32 Å². The van der Waals surface area contributed by atoms with Crippen molar-refractivity contribution in [3.63, 3.8) is 0 Å². The second-order valence-electron chi connectivity index (χ2n) is 4.19. The summed E-state index contributed by atoms with van der Waals surface area (Å²) in [5.41, 5.74) is 0. The highest BCUT2D eigenvalue weighted by atomic mass is 16.5. The van der Waals surface area contributed by atoms with E-state index in [1.54, 1.807) is 4.90 Å². The van der Waals surface area contributed by atoms with Crippen molar-refractivity contribution in [3.05, 3.63) is 0 Å². The lowest BCUT2D eigenvalue weighted by atomic mass is 10.1. The molecule has 2 N–H and O–H groups in total. The minimum Gasteiger partial charge on any atom is -0.481 e. The molecule has 2 rings (SSSR count). The second-order valence-corrected chi connectivity index (χ2v) is 4.19. The summed E-state index contributed by atoms with van der Waals surface area (Å²) in [5.74, 6) is -1.26. The molecule has 6 nitrogen and oxygen atoms in total. The van der Waals surface area contributed by atoms with Gasteiger partial charge in [0.1, 0.15) is 6.04 Å². The van der Waals surface area contributed by atoms with E-state index in [0.29, 0.717) is 39.3 Å². The molecule has 0 aromatic carbocycles. The predicted molar refractivity (Wildman–Crippen MR) is 54.9 cm³/mol. The third-order valence-corrected chi connectivity index (χ3v) is 3.07. The van der Waals surface area contributed by atoms with Crippen molar-refractivity contribution in [2.45, 2.75) is 12.5 Å². The van der Waals surface area contributed by atoms with E-state index in [0.717, 1.165) is 0 Å². The van der Waals surface area contributed by atoms with Crippen molar-refractivity contribution in [2.24, 2.45) is 5.92 Å². The van der Waals surface area contributed by atoms with Gasteiger partial charge in [0.2, 0.25) is 5.91 Å². The minimum atomic E-state index is -0.817. The molecule has 1 amide bonds. The zero-order valence-corrected chi connectivity index (χ0v) is 9.02. The highest BCUT2D eigenvalue weighted by Gasteiger charge is 2.34. The van der Waals surface area contributed by atoms with Crippen LogP contribution in [-0.2, 0) is 14.3 Å². The topological polar surface area (TPSA) is 78.9 Å². The molecule has 16 heavy (non-hydrogen) atoms.